The largest absolute Gasteiger partial charge is 0.452 e. The highest BCUT2D eigenvalue weighted by Gasteiger charge is 2.18. The van der Waals surface area contributed by atoms with Crippen molar-refractivity contribution >= 4 is 35.1 Å². The van der Waals surface area contributed by atoms with E-state index in [1.54, 1.807) is 6.07 Å². The first-order valence-electron chi connectivity index (χ1n) is 6.94. The second kappa shape index (κ2) is 7.99. The van der Waals surface area contributed by atoms with Crippen LogP contribution in [0.25, 0.3) is 0 Å². The number of hydrogen-bond donors (Lipinski definition) is 1. The first-order valence-corrected chi connectivity index (χ1v) is 7.70. The SMILES string of the molecule is C[C@H](NC(=O)COC(=O)c1c(Cl)cccc1Cl)c1ccccc1. The van der Waals surface area contributed by atoms with Crippen LogP contribution in [0.15, 0.2) is 48.5 Å². The van der Waals surface area contributed by atoms with Gasteiger partial charge in [0, 0.05) is 0 Å². The summed E-state index contributed by atoms with van der Waals surface area (Å²) in [6.07, 6.45) is 0. The van der Waals surface area contributed by atoms with Gasteiger partial charge in [0.25, 0.3) is 5.91 Å². The highest BCUT2D eigenvalue weighted by molar-refractivity contribution is 6.39. The molecule has 0 saturated carbocycles. The van der Waals surface area contributed by atoms with E-state index in [9.17, 15) is 9.59 Å². The Balaban J connectivity index is 1.91. The second-order valence-corrected chi connectivity index (χ2v) is 5.69. The van der Waals surface area contributed by atoms with Gasteiger partial charge in [0.1, 0.15) is 0 Å². The van der Waals surface area contributed by atoms with Crippen molar-refractivity contribution in [1.82, 2.24) is 5.32 Å². The third-order valence-corrected chi connectivity index (χ3v) is 3.81. The number of esters is 1. The van der Waals surface area contributed by atoms with Crippen molar-refractivity contribution in [2.24, 2.45) is 0 Å². The van der Waals surface area contributed by atoms with Crippen LogP contribution in [-0.2, 0) is 9.53 Å². The molecule has 1 N–H and O–H groups in total. The normalized spacial score (nSPS) is 11.6. The summed E-state index contributed by atoms with van der Waals surface area (Å²) in [6, 6.07) is 14.0. The molecule has 0 radical (unpaired) electrons. The minimum Gasteiger partial charge on any atom is -0.452 e. The van der Waals surface area contributed by atoms with Crippen LogP contribution in [0.2, 0.25) is 10.0 Å². The fourth-order valence-electron chi connectivity index (χ4n) is 2.00. The molecule has 0 aromatic heterocycles. The molecule has 1 atom stereocenters. The smallest absolute Gasteiger partial charge is 0.341 e. The molecule has 2 aromatic rings. The molecule has 0 fully saturated rings. The zero-order valence-electron chi connectivity index (χ0n) is 12.4. The van der Waals surface area contributed by atoms with E-state index >= 15 is 0 Å². The van der Waals surface area contributed by atoms with Crippen molar-refractivity contribution in [2.75, 3.05) is 6.61 Å². The Morgan fingerprint density at radius 1 is 1.04 bits per heavy atom. The number of halogens is 2. The van der Waals surface area contributed by atoms with E-state index in [0.717, 1.165) is 5.56 Å². The van der Waals surface area contributed by atoms with Gasteiger partial charge in [-0.15, -0.1) is 0 Å². The first kappa shape index (κ1) is 17.3. The van der Waals surface area contributed by atoms with Gasteiger partial charge < -0.3 is 10.1 Å². The molecule has 2 rings (SSSR count). The highest BCUT2D eigenvalue weighted by atomic mass is 35.5. The van der Waals surface area contributed by atoms with Crippen LogP contribution < -0.4 is 5.32 Å². The lowest BCUT2D eigenvalue weighted by molar-refractivity contribution is -0.124. The van der Waals surface area contributed by atoms with E-state index in [1.165, 1.54) is 12.1 Å². The lowest BCUT2D eigenvalue weighted by atomic mass is 10.1. The number of rotatable bonds is 5. The van der Waals surface area contributed by atoms with Crippen molar-refractivity contribution in [1.29, 1.82) is 0 Å². The van der Waals surface area contributed by atoms with Gasteiger partial charge in [-0.2, -0.15) is 0 Å². The van der Waals surface area contributed by atoms with Gasteiger partial charge in [-0.25, -0.2) is 4.79 Å². The van der Waals surface area contributed by atoms with E-state index in [1.807, 2.05) is 37.3 Å². The molecule has 1 amide bonds. The molecule has 0 aliphatic rings. The molecule has 0 spiro atoms. The number of ether oxygens (including phenoxy) is 1. The fraction of sp³-hybridized carbons (Fsp3) is 0.176. The minimum atomic E-state index is -0.733. The summed E-state index contributed by atoms with van der Waals surface area (Å²) in [4.78, 5) is 23.9. The Bertz CT molecular complexity index is 684. The maximum atomic E-state index is 12.0. The van der Waals surface area contributed by atoms with Crippen molar-refractivity contribution < 1.29 is 14.3 Å². The van der Waals surface area contributed by atoms with Crippen LogP contribution in [0, 0.1) is 0 Å². The second-order valence-electron chi connectivity index (χ2n) is 4.87. The molecule has 0 aliphatic heterocycles. The average Bonchev–Trinajstić information content (AvgIpc) is 2.53. The minimum absolute atomic E-state index is 0.0553. The van der Waals surface area contributed by atoms with Gasteiger partial charge in [0.2, 0.25) is 0 Å². The van der Waals surface area contributed by atoms with E-state index < -0.39 is 18.5 Å². The number of hydrogen-bond acceptors (Lipinski definition) is 3. The Hall–Kier alpha value is -2.04. The predicted octanol–water partition coefficient (Wildman–Crippen LogP) is 4.03. The number of amides is 1. The summed E-state index contributed by atoms with van der Waals surface area (Å²) in [7, 11) is 0. The van der Waals surface area contributed by atoms with Crippen LogP contribution in [0.3, 0.4) is 0 Å². The number of carbonyl (C=O) groups excluding carboxylic acids is 2. The fourth-order valence-corrected chi connectivity index (χ4v) is 2.56. The molecule has 0 aliphatic carbocycles. The first-order chi connectivity index (χ1) is 11.0. The van der Waals surface area contributed by atoms with Crippen molar-refractivity contribution in [2.45, 2.75) is 13.0 Å². The molecule has 2 aromatic carbocycles. The lowest BCUT2D eigenvalue weighted by Gasteiger charge is -2.14. The van der Waals surface area contributed by atoms with E-state index in [-0.39, 0.29) is 21.7 Å². The van der Waals surface area contributed by atoms with Gasteiger partial charge in [-0.3, -0.25) is 4.79 Å². The number of benzene rings is 2. The zero-order valence-corrected chi connectivity index (χ0v) is 13.9. The Kier molecular flexibility index (Phi) is 6.02. The molecule has 23 heavy (non-hydrogen) atoms. The third-order valence-electron chi connectivity index (χ3n) is 3.18. The molecule has 120 valence electrons. The number of nitrogens with one attached hydrogen (secondary N) is 1. The van der Waals surface area contributed by atoms with Crippen LogP contribution in [0.5, 0.6) is 0 Å². The molecular weight excluding hydrogens is 337 g/mol. The van der Waals surface area contributed by atoms with Crippen LogP contribution >= 0.6 is 23.2 Å². The van der Waals surface area contributed by atoms with Crippen LogP contribution in [0.4, 0.5) is 0 Å². The summed E-state index contributed by atoms with van der Waals surface area (Å²) in [5.74, 6) is -1.14. The molecule has 6 heteroatoms. The maximum Gasteiger partial charge on any atom is 0.341 e. The monoisotopic (exact) mass is 351 g/mol. The lowest BCUT2D eigenvalue weighted by Crippen LogP contribution is -2.31. The third kappa shape index (κ3) is 4.71. The van der Waals surface area contributed by atoms with Gasteiger partial charge in [-0.1, -0.05) is 59.6 Å². The molecular formula is C17H15Cl2NO3. The molecule has 0 unspecified atom stereocenters. The summed E-state index contributed by atoms with van der Waals surface area (Å²) in [5.41, 5.74) is 1.01. The predicted molar refractivity (Wildman–Crippen MR) is 89.7 cm³/mol. The summed E-state index contributed by atoms with van der Waals surface area (Å²) >= 11 is 11.8. The zero-order chi connectivity index (χ0) is 16.8. The maximum absolute atomic E-state index is 12.0. The Labute approximate surface area is 144 Å². The van der Waals surface area contributed by atoms with Gasteiger partial charge >= 0.3 is 5.97 Å². The van der Waals surface area contributed by atoms with E-state index in [0.29, 0.717) is 0 Å². The number of carbonyl (C=O) groups is 2. The topological polar surface area (TPSA) is 55.4 Å². The van der Waals surface area contributed by atoms with Crippen LogP contribution in [0.1, 0.15) is 28.9 Å². The Morgan fingerprint density at radius 3 is 2.26 bits per heavy atom. The highest BCUT2D eigenvalue weighted by Crippen LogP contribution is 2.24. The molecule has 0 saturated heterocycles. The molecule has 4 nitrogen and oxygen atoms in total. The summed E-state index contributed by atoms with van der Waals surface area (Å²) in [5, 5.41) is 3.11. The summed E-state index contributed by atoms with van der Waals surface area (Å²) in [6.45, 7) is 1.44. The van der Waals surface area contributed by atoms with E-state index in [4.69, 9.17) is 27.9 Å². The van der Waals surface area contributed by atoms with E-state index in [2.05, 4.69) is 5.32 Å². The Morgan fingerprint density at radius 2 is 1.65 bits per heavy atom. The van der Waals surface area contributed by atoms with Crippen LogP contribution in [-0.4, -0.2) is 18.5 Å². The quantitative estimate of drug-likeness (QED) is 0.827. The molecule has 0 bridgehead atoms. The standard InChI is InChI=1S/C17H15Cl2NO3/c1-11(12-6-3-2-4-7-12)20-15(21)10-23-17(22)16-13(18)8-5-9-14(16)19/h2-9,11H,10H2,1H3,(H,20,21)/t11-/m0/s1. The van der Waals surface area contributed by atoms with Crippen molar-refractivity contribution in [3.8, 4) is 0 Å². The summed E-state index contributed by atoms with van der Waals surface area (Å²) < 4.78 is 4.97. The van der Waals surface area contributed by atoms with Crippen molar-refractivity contribution in [3.05, 3.63) is 69.7 Å². The van der Waals surface area contributed by atoms with Gasteiger partial charge in [0.05, 0.1) is 21.7 Å². The van der Waals surface area contributed by atoms with Crippen molar-refractivity contribution in [3.63, 3.8) is 0 Å². The van der Waals surface area contributed by atoms with Gasteiger partial charge in [0.15, 0.2) is 6.61 Å². The molecule has 0 heterocycles. The van der Waals surface area contributed by atoms with Gasteiger partial charge in [-0.05, 0) is 24.6 Å². The average molecular weight is 352 g/mol.